The Labute approximate surface area is 174 Å². The predicted octanol–water partition coefficient (Wildman–Crippen LogP) is 1.35. The van der Waals surface area contributed by atoms with Gasteiger partial charge in [0, 0.05) is 18.3 Å². The zero-order chi connectivity index (χ0) is 22.2. The van der Waals surface area contributed by atoms with Crippen LogP contribution >= 0.6 is 0 Å². The summed E-state index contributed by atoms with van der Waals surface area (Å²) < 4.78 is 14.9. The Morgan fingerprint density at radius 2 is 2.03 bits per heavy atom. The quantitative estimate of drug-likeness (QED) is 0.584. The van der Waals surface area contributed by atoms with Gasteiger partial charge in [-0.3, -0.25) is 14.5 Å². The largest absolute Gasteiger partial charge is 0.481 e. The summed E-state index contributed by atoms with van der Waals surface area (Å²) in [5.74, 6) is -2.29. The van der Waals surface area contributed by atoms with Crippen molar-refractivity contribution in [3.8, 4) is 0 Å². The summed E-state index contributed by atoms with van der Waals surface area (Å²) in [6, 6.07) is 3.97. The molecule has 30 heavy (non-hydrogen) atoms. The number of benzene rings is 1. The molecule has 162 valence electrons. The number of hydrogen-bond donors (Lipinski definition) is 4. The van der Waals surface area contributed by atoms with Crippen molar-refractivity contribution in [1.82, 2.24) is 4.90 Å². The number of carbonyl (C=O) groups excluding carboxylic acids is 1. The molecule has 0 aromatic heterocycles. The number of halogens is 1. The van der Waals surface area contributed by atoms with Gasteiger partial charge in [0.25, 0.3) is 0 Å². The third-order valence-electron chi connectivity index (χ3n) is 7.42. The molecule has 6 atom stereocenters. The van der Waals surface area contributed by atoms with E-state index in [1.807, 2.05) is 0 Å². The standard InChI is InChI=1S/C21H27FN4O4/c1-20(2)18(30)26(4)19(23)25-21(20,3)11-7-9(5-6-12(11)22)24-16-13(27)8-10-14(16)15(10)17(28)29/h5-7,10,13-16,24,27H,8H2,1-4H3,(H2,23,25)(H,28,29)/t10-,13-,14+,15+,16?,21-/m1/s1. The Balaban J connectivity index is 1.69. The number of amides is 1. The number of aliphatic hydroxyl groups is 1. The number of carbonyl (C=O) groups is 2. The Kier molecular flexibility index (Phi) is 4.40. The van der Waals surface area contributed by atoms with Gasteiger partial charge in [0.1, 0.15) is 11.4 Å². The highest BCUT2D eigenvalue weighted by molar-refractivity contribution is 6.01. The van der Waals surface area contributed by atoms with Crippen LogP contribution in [0.5, 0.6) is 0 Å². The third-order valence-corrected chi connectivity index (χ3v) is 7.42. The van der Waals surface area contributed by atoms with E-state index in [1.165, 1.54) is 24.1 Å². The number of aliphatic carboxylic acids is 1. The highest BCUT2D eigenvalue weighted by Crippen LogP contribution is 2.58. The van der Waals surface area contributed by atoms with E-state index >= 15 is 0 Å². The molecule has 9 heteroatoms. The van der Waals surface area contributed by atoms with E-state index in [2.05, 4.69) is 10.3 Å². The van der Waals surface area contributed by atoms with Gasteiger partial charge in [0.05, 0.1) is 23.5 Å². The SMILES string of the molecule is CN1C(=O)C(C)(C)[C@@](C)(c2cc(NC3[C@H]4[C@@H](C[C@H]3O)[C@@H]4C(=O)O)ccc2F)N=C1N. The molecule has 1 unspecified atom stereocenters. The van der Waals surface area contributed by atoms with Crippen LogP contribution in [0.15, 0.2) is 23.2 Å². The van der Waals surface area contributed by atoms with E-state index in [-0.39, 0.29) is 29.3 Å². The molecular weight excluding hydrogens is 391 g/mol. The van der Waals surface area contributed by atoms with Gasteiger partial charge in [-0.15, -0.1) is 0 Å². The lowest BCUT2D eigenvalue weighted by atomic mass is 9.67. The van der Waals surface area contributed by atoms with Crippen molar-refractivity contribution >= 4 is 23.5 Å². The normalized spacial score (nSPS) is 36.9. The van der Waals surface area contributed by atoms with Crippen molar-refractivity contribution in [2.75, 3.05) is 12.4 Å². The fourth-order valence-corrected chi connectivity index (χ4v) is 5.17. The molecular formula is C21H27FN4O4. The molecule has 4 rings (SSSR count). The lowest BCUT2D eigenvalue weighted by Crippen LogP contribution is -2.58. The number of hydrogen-bond acceptors (Lipinski definition) is 6. The average molecular weight is 418 g/mol. The van der Waals surface area contributed by atoms with Crippen molar-refractivity contribution in [1.29, 1.82) is 0 Å². The van der Waals surface area contributed by atoms with E-state index < -0.39 is 40.8 Å². The molecule has 0 radical (unpaired) electrons. The summed E-state index contributed by atoms with van der Waals surface area (Å²) >= 11 is 0. The number of carboxylic acids is 1. The first-order valence-corrected chi connectivity index (χ1v) is 10.0. The number of anilines is 1. The molecule has 2 fully saturated rings. The van der Waals surface area contributed by atoms with Gasteiger partial charge in [-0.05, 0) is 57.2 Å². The predicted molar refractivity (Wildman–Crippen MR) is 108 cm³/mol. The number of guanidine groups is 1. The minimum atomic E-state index is -1.25. The molecule has 8 nitrogen and oxygen atoms in total. The minimum absolute atomic E-state index is 0.0101. The van der Waals surface area contributed by atoms with Gasteiger partial charge < -0.3 is 21.3 Å². The smallest absolute Gasteiger partial charge is 0.307 e. The highest BCUT2D eigenvalue weighted by atomic mass is 19.1. The number of aliphatic hydroxyl groups excluding tert-OH is 1. The molecule has 1 aromatic rings. The molecule has 1 aliphatic heterocycles. The first-order chi connectivity index (χ1) is 13.9. The van der Waals surface area contributed by atoms with Gasteiger partial charge in [-0.25, -0.2) is 9.38 Å². The first-order valence-electron chi connectivity index (χ1n) is 10.0. The van der Waals surface area contributed by atoms with Gasteiger partial charge in [-0.2, -0.15) is 0 Å². The Morgan fingerprint density at radius 3 is 2.67 bits per heavy atom. The molecule has 3 aliphatic rings. The number of aliphatic imine (C=N–C) groups is 1. The molecule has 0 saturated heterocycles. The van der Waals surface area contributed by atoms with Crippen LogP contribution in [0, 0.1) is 29.0 Å². The second-order valence-electron chi connectivity index (χ2n) is 9.30. The monoisotopic (exact) mass is 418 g/mol. The van der Waals surface area contributed by atoms with E-state index in [0.29, 0.717) is 12.1 Å². The third kappa shape index (κ3) is 2.71. The second-order valence-corrected chi connectivity index (χ2v) is 9.30. The zero-order valence-electron chi connectivity index (χ0n) is 17.4. The lowest BCUT2D eigenvalue weighted by Gasteiger charge is -2.46. The van der Waals surface area contributed by atoms with Crippen LogP contribution in [0.25, 0.3) is 0 Å². The van der Waals surface area contributed by atoms with E-state index in [4.69, 9.17) is 5.73 Å². The van der Waals surface area contributed by atoms with E-state index in [9.17, 15) is 24.2 Å². The molecule has 0 bridgehead atoms. The van der Waals surface area contributed by atoms with Crippen LogP contribution in [-0.2, 0) is 15.1 Å². The Bertz CT molecular complexity index is 964. The fourth-order valence-electron chi connectivity index (χ4n) is 5.17. The molecule has 1 aromatic carbocycles. The maximum Gasteiger partial charge on any atom is 0.307 e. The van der Waals surface area contributed by atoms with E-state index in [1.54, 1.807) is 26.8 Å². The number of nitrogens with two attached hydrogens (primary N) is 1. The van der Waals surface area contributed by atoms with Crippen molar-refractivity contribution in [2.45, 2.75) is 44.9 Å². The molecule has 0 spiro atoms. The maximum absolute atomic E-state index is 14.9. The summed E-state index contributed by atoms with van der Waals surface area (Å²) in [5.41, 5.74) is 4.36. The lowest BCUT2D eigenvalue weighted by molar-refractivity contribution is -0.141. The second kappa shape index (κ2) is 6.41. The average Bonchev–Trinajstić information content (AvgIpc) is 3.29. The maximum atomic E-state index is 14.9. The topological polar surface area (TPSA) is 128 Å². The minimum Gasteiger partial charge on any atom is -0.481 e. The first kappa shape index (κ1) is 20.6. The molecule has 1 heterocycles. The van der Waals surface area contributed by atoms with Crippen LogP contribution in [0.4, 0.5) is 10.1 Å². The molecule has 2 aliphatic carbocycles. The number of nitrogens with zero attached hydrogens (tertiary/aromatic N) is 2. The zero-order valence-corrected chi connectivity index (χ0v) is 17.4. The van der Waals surface area contributed by atoms with Crippen molar-refractivity contribution in [3.05, 3.63) is 29.6 Å². The Morgan fingerprint density at radius 1 is 1.37 bits per heavy atom. The van der Waals surface area contributed by atoms with Crippen molar-refractivity contribution < 1.29 is 24.2 Å². The van der Waals surface area contributed by atoms with Crippen LogP contribution in [0.1, 0.15) is 32.8 Å². The summed E-state index contributed by atoms with van der Waals surface area (Å²) in [4.78, 5) is 30.0. The van der Waals surface area contributed by atoms with Crippen LogP contribution in [0.3, 0.4) is 0 Å². The van der Waals surface area contributed by atoms with E-state index in [0.717, 1.165) is 0 Å². The van der Waals surface area contributed by atoms with Crippen molar-refractivity contribution in [3.63, 3.8) is 0 Å². The number of fused-ring (bicyclic) bond motifs is 1. The number of carboxylic acid groups (broad SMARTS) is 1. The summed E-state index contributed by atoms with van der Waals surface area (Å²) in [6.07, 6.45) is -0.241. The van der Waals surface area contributed by atoms with Crippen molar-refractivity contribution in [2.24, 2.45) is 33.9 Å². The van der Waals surface area contributed by atoms with Gasteiger partial charge in [0.15, 0.2) is 5.96 Å². The van der Waals surface area contributed by atoms with Gasteiger partial charge in [-0.1, -0.05) is 0 Å². The van der Waals surface area contributed by atoms with Crippen LogP contribution in [0.2, 0.25) is 0 Å². The fraction of sp³-hybridized carbons (Fsp3) is 0.571. The summed E-state index contributed by atoms with van der Waals surface area (Å²) in [7, 11) is 1.53. The van der Waals surface area contributed by atoms with Crippen LogP contribution < -0.4 is 11.1 Å². The molecule has 2 saturated carbocycles. The Hall–Kier alpha value is -2.68. The van der Waals surface area contributed by atoms with Gasteiger partial charge in [0.2, 0.25) is 5.91 Å². The summed E-state index contributed by atoms with van der Waals surface area (Å²) in [5, 5.41) is 22.9. The number of rotatable bonds is 4. The highest BCUT2D eigenvalue weighted by Gasteiger charge is 2.65. The number of nitrogens with one attached hydrogen (secondary N) is 1. The van der Waals surface area contributed by atoms with Crippen LogP contribution in [-0.4, -0.2) is 52.1 Å². The summed E-state index contributed by atoms with van der Waals surface area (Å²) in [6.45, 7) is 5.08. The molecule has 5 N–H and O–H groups in total. The van der Waals surface area contributed by atoms with Gasteiger partial charge >= 0.3 is 5.97 Å². The molecule has 1 amide bonds.